The van der Waals surface area contributed by atoms with Crippen molar-refractivity contribution in [2.24, 2.45) is 0 Å². The SMILES string of the molecule is CCCCN(C(C)=O)c1ccc2c(c1)c(-c1ccc3nsnc3c1)c(C(=O)O)n2Cc1ccccc1OC. The number of rotatable bonds is 9. The normalized spacial score (nSPS) is 11.2. The molecule has 3 aromatic carbocycles. The monoisotopic (exact) mass is 528 g/mol. The maximum atomic E-state index is 12.9. The number of para-hydroxylation sites is 1. The van der Waals surface area contributed by atoms with Crippen LogP contribution in [0.25, 0.3) is 33.1 Å². The summed E-state index contributed by atoms with van der Waals surface area (Å²) in [6.07, 6.45) is 1.82. The van der Waals surface area contributed by atoms with E-state index in [9.17, 15) is 14.7 Å². The third-order valence-electron chi connectivity index (χ3n) is 6.74. The van der Waals surface area contributed by atoms with Crippen molar-refractivity contribution < 1.29 is 19.4 Å². The number of anilines is 1. The summed E-state index contributed by atoms with van der Waals surface area (Å²) in [7, 11) is 1.60. The van der Waals surface area contributed by atoms with Crippen molar-refractivity contribution in [2.45, 2.75) is 33.2 Å². The number of carbonyl (C=O) groups excluding carboxylic acids is 1. The first-order valence-corrected chi connectivity index (χ1v) is 13.2. The fourth-order valence-corrected chi connectivity index (χ4v) is 5.43. The average Bonchev–Trinajstić information content (AvgIpc) is 3.51. The third kappa shape index (κ3) is 4.61. The van der Waals surface area contributed by atoms with Crippen LogP contribution in [0.5, 0.6) is 5.75 Å². The number of aromatic carboxylic acids is 1. The van der Waals surface area contributed by atoms with Gasteiger partial charge in [-0.05, 0) is 48.4 Å². The highest BCUT2D eigenvalue weighted by Crippen LogP contribution is 2.39. The molecule has 5 aromatic rings. The van der Waals surface area contributed by atoms with E-state index >= 15 is 0 Å². The predicted molar refractivity (Wildman–Crippen MR) is 150 cm³/mol. The lowest BCUT2D eigenvalue weighted by Crippen LogP contribution is -2.29. The van der Waals surface area contributed by atoms with E-state index in [1.54, 1.807) is 18.9 Å². The van der Waals surface area contributed by atoms with Crippen LogP contribution in [0.4, 0.5) is 5.69 Å². The van der Waals surface area contributed by atoms with Gasteiger partial charge >= 0.3 is 5.97 Å². The lowest BCUT2D eigenvalue weighted by Gasteiger charge is -2.21. The van der Waals surface area contributed by atoms with Gasteiger partial charge in [-0.25, -0.2) is 4.79 Å². The van der Waals surface area contributed by atoms with Crippen LogP contribution in [0.3, 0.4) is 0 Å². The summed E-state index contributed by atoms with van der Waals surface area (Å²) >= 11 is 1.12. The maximum Gasteiger partial charge on any atom is 0.353 e. The Balaban J connectivity index is 1.79. The Bertz CT molecular complexity index is 1660. The number of ether oxygens (including phenoxy) is 1. The molecule has 5 rings (SSSR count). The van der Waals surface area contributed by atoms with Gasteiger partial charge in [0.25, 0.3) is 0 Å². The van der Waals surface area contributed by atoms with E-state index < -0.39 is 5.97 Å². The van der Waals surface area contributed by atoms with Crippen molar-refractivity contribution in [3.63, 3.8) is 0 Å². The lowest BCUT2D eigenvalue weighted by molar-refractivity contribution is -0.116. The zero-order chi connectivity index (χ0) is 26.8. The van der Waals surface area contributed by atoms with Gasteiger partial charge in [0.15, 0.2) is 0 Å². The molecule has 2 heterocycles. The first kappa shape index (κ1) is 25.4. The summed E-state index contributed by atoms with van der Waals surface area (Å²) in [5.41, 5.74) is 5.29. The van der Waals surface area contributed by atoms with Crippen molar-refractivity contribution in [3.8, 4) is 16.9 Å². The van der Waals surface area contributed by atoms with Gasteiger partial charge in [0.1, 0.15) is 22.5 Å². The molecule has 0 unspecified atom stereocenters. The molecule has 2 aromatic heterocycles. The van der Waals surface area contributed by atoms with Crippen molar-refractivity contribution in [1.29, 1.82) is 0 Å². The smallest absolute Gasteiger partial charge is 0.353 e. The standard InChI is InChI=1S/C29H28N4O4S/c1-4-5-14-32(18(2)34)21-11-13-25-22(16-21)27(19-10-12-23-24(15-19)31-38-30-23)28(29(35)36)33(25)17-20-8-6-7-9-26(20)37-3/h6-13,15-16H,4-5,14,17H2,1-3H3,(H,35,36). The second-order valence-corrected chi connectivity index (χ2v) is 9.65. The Morgan fingerprint density at radius 2 is 1.84 bits per heavy atom. The highest BCUT2D eigenvalue weighted by atomic mass is 32.1. The van der Waals surface area contributed by atoms with Gasteiger partial charge in [-0.2, -0.15) is 8.75 Å². The molecule has 0 fully saturated rings. The van der Waals surface area contributed by atoms with Crippen molar-refractivity contribution in [2.75, 3.05) is 18.6 Å². The molecule has 0 aliphatic rings. The number of carboxylic acid groups (broad SMARTS) is 1. The summed E-state index contributed by atoms with van der Waals surface area (Å²) in [6, 6.07) is 18.9. The van der Waals surface area contributed by atoms with Gasteiger partial charge < -0.3 is 19.3 Å². The number of carbonyl (C=O) groups is 2. The molecule has 1 N–H and O–H groups in total. The zero-order valence-corrected chi connectivity index (χ0v) is 22.3. The van der Waals surface area contributed by atoms with E-state index in [-0.39, 0.29) is 11.6 Å². The number of benzene rings is 3. The number of hydrogen-bond donors (Lipinski definition) is 1. The number of amides is 1. The number of carboxylic acids is 1. The van der Waals surface area contributed by atoms with E-state index in [1.165, 1.54) is 0 Å². The lowest BCUT2D eigenvalue weighted by atomic mass is 10.0. The molecule has 1 amide bonds. The van der Waals surface area contributed by atoms with Gasteiger partial charge in [-0.1, -0.05) is 37.6 Å². The quantitative estimate of drug-likeness (QED) is 0.244. The van der Waals surface area contributed by atoms with Crippen LogP contribution < -0.4 is 9.64 Å². The van der Waals surface area contributed by atoms with Crippen LogP contribution in [0.2, 0.25) is 0 Å². The second-order valence-electron chi connectivity index (χ2n) is 9.12. The molecule has 0 saturated carbocycles. The average molecular weight is 529 g/mol. The second kappa shape index (κ2) is 10.6. The molecule has 0 aliphatic carbocycles. The molecule has 0 spiro atoms. The molecule has 9 heteroatoms. The molecule has 194 valence electrons. The summed E-state index contributed by atoms with van der Waals surface area (Å²) in [4.78, 5) is 27.2. The van der Waals surface area contributed by atoms with E-state index in [1.807, 2.05) is 65.2 Å². The Labute approximate surface area is 224 Å². The van der Waals surface area contributed by atoms with Crippen LogP contribution in [-0.4, -0.2) is 44.0 Å². The summed E-state index contributed by atoms with van der Waals surface area (Å²) in [6.45, 7) is 4.53. The highest BCUT2D eigenvalue weighted by molar-refractivity contribution is 7.00. The van der Waals surface area contributed by atoms with E-state index in [0.717, 1.165) is 57.8 Å². The number of aromatic nitrogens is 3. The van der Waals surface area contributed by atoms with Crippen molar-refractivity contribution >= 4 is 51.2 Å². The first-order valence-electron chi connectivity index (χ1n) is 12.4. The molecule has 38 heavy (non-hydrogen) atoms. The van der Waals surface area contributed by atoms with Gasteiger partial charge in [0.05, 0.1) is 25.4 Å². The van der Waals surface area contributed by atoms with Crippen molar-refractivity contribution in [1.82, 2.24) is 13.3 Å². The van der Waals surface area contributed by atoms with Gasteiger partial charge in [-0.3, -0.25) is 4.79 Å². The highest BCUT2D eigenvalue weighted by Gasteiger charge is 2.26. The van der Waals surface area contributed by atoms with E-state index in [0.29, 0.717) is 29.9 Å². The van der Waals surface area contributed by atoms with Gasteiger partial charge in [0, 0.05) is 41.2 Å². The number of fused-ring (bicyclic) bond motifs is 2. The van der Waals surface area contributed by atoms with Crippen LogP contribution in [0.15, 0.2) is 60.7 Å². The maximum absolute atomic E-state index is 12.9. The van der Waals surface area contributed by atoms with Crippen LogP contribution >= 0.6 is 11.7 Å². The summed E-state index contributed by atoms with van der Waals surface area (Å²) in [5.74, 6) is -0.416. The predicted octanol–water partition coefficient (Wildman–Crippen LogP) is 6.22. The minimum absolute atomic E-state index is 0.0544. The number of hydrogen-bond acceptors (Lipinski definition) is 6. The molecule has 0 saturated heterocycles. The number of methoxy groups -OCH3 is 1. The summed E-state index contributed by atoms with van der Waals surface area (Å²) < 4.78 is 16.0. The molecule has 0 bridgehead atoms. The van der Waals surface area contributed by atoms with Crippen LogP contribution in [0.1, 0.15) is 42.7 Å². The molecule has 0 aliphatic heterocycles. The van der Waals surface area contributed by atoms with Gasteiger partial charge in [-0.15, -0.1) is 0 Å². The minimum atomic E-state index is -1.04. The Morgan fingerprint density at radius 1 is 1.05 bits per heavy atom. The summed E-state index contributed by atoms with van der Waals surface area (Å²) in [5, 5.41) is 11.3. The molecule has 0 atom stereocenters. The minimum Gasteiger partial charge on any atom is -0.496 e. The number of nitrogens with zero attached hydrogens (tertiary/aromatic N) is 4. The fourth-order valence-electron chi connectivity index (χ4n) is 4.92. The van der Waals surface area contributed by atoms with Crippen LogP contribution in [0, 0.1) is 0 Å². The third-order valence-corrected chi connectivity index (χ3v) is 7.30. The Kier molecular flexibility index (Phi) is 7.11. The zero-order valence-electron chi connectivity index (χ0n) is 21.5. The Hall–Kier alpha value is -4.24. The fraction of sp³-hybridized carbons (Fsp3) is 0.241. The first-order chi connectivity index (χ1) is 18.4. The Morgan fingerprint density at radius 3 is 2.58 bits per heavy atom. The number of unbranched alkanes of at least 4 members (excludes halogenated alkanes) is 1. The van der Waals surface area contributed by atoms with Gasteiger partial charge in [0.2, 0.25) is 5.91 Å². The van der Waals surface area contributed by atoms with Crippen LogP contribution in [-0.2, 0) is 11.3 Å². The molecule has 8 nitrogen and oxygen atoms in total. The molecular weight excluding hydrogens is 500 g/mol. The molecule has 0 radical (unpaired) electrons. The largest absolute Gasteiger partial charge is 0.496 e. The topological polar surface area (TPSA) is 97.5 Å². The molecular formula is C29H28N4O4S. The van der Waals surface area contributed by atoms with E-state index in [4.69, 9.17) is 4.74 Å². The van der Waals surface area contributed by atoms with Crippen molar-refractivity contribution in [3.05, 3.63) is 71.9 Å². The van der Waals surface area contributed by atoms with E-state index in [2.05, 4.69) is 15.7 Å².